The van der Waals surface area contributed by atoms with Crippen molar-refractivity contribution < 1.29 is 0 Å². The molecule has 0 aromatic carbocycles. The first-order chi connectivity index (χ1) is 5.31. The van der Waals surface area contributed by atoms with Gasteiger partial charge >= 0.3 is 0 Å². The quantitative estimate of drug-likeness (QED) is 0.696. The molecule has 1 aromatic heterocycles. The summed E-state index contributed by atoms with van der Waals surface area (Å²) in [6, 6.07) is 0. The molecule has 0 spiro atoms. The molecule has 1 unspecified atom stereocenters. The van der Waals surface area contributed by atoms with E-state index in [1.54, 1.807) is 0 Å². The van der Waals surface area contributed by atoms with E-state index in [4.69, 9.17) is 0 Å². The van der Waals surface area contributed by atoms with E-state index in [2.05, 4.69) is 16.9 Å². The molecule has 1 atom stereocenters. The Morgan fingerprint density at radius 2 is 2.64 bits per heavy atom. The summed E-state index contributed by atoms with van der Waals surface area (Å²) in [6.07, 6.45) is 6.31. The van der Waals surface area contributed by atoms with Crippen LogP contribution < -0.4 is 0 Å². The van der Waals surface area contributed by atoms with Gasteiger partial charge in [-0.3, -0.25) is 0 Å². The molecule has 3 heteroatoms. The number of nitrogens with zero attached hydrogens (tertiary/aromatic N) is 1. The molecule has 0 radical (unpaired) electrons. The van der Waals surface area contributed by atoms with Gasteiger partial charge in [0.1, 0.15) is 5.82 Å². The van der Waals surface area contributed by atoms with E-state index in [0.29, 0.717) is 0 Å². The highest BCUT2D eigenvalue weighted by atomic mass is 32.2. The second-order valence-electron chi connectivity index (χ2n) is 3.12. The molecule has 0 aliphatic carbocycles. The Morgan fingerprint density at radius 3 is 3.18 bits per heavy atom. The summed E-state index contributed by atoms with van der Waals surface area (Å²) in [5.74, 6) is 2.41. The largest absolute Gasteiger partial charge is 0.347 e. The fourth-order valence-electron chi connectivity index (χ4n) is 1.52. The predicted molar refractivity (Wildman–Crippen MR) is 47.6 cm³/mol. The van der Waals surface area contributed by atoms with Gasteiger partial charge in [-0.2, -0.15) is 0 Å². The fourth-order valence-corrected chi connectivity index (χ4v) is 2.80. The maximum atomic E-state index is 4.29. The molecular weight excluding hydrogens is 156 g/mol. The van der Waals surface area contributed by atoms with E-state index in [1.165, 1.54) is 18.6 Å². The molecular formula is C8H12N2S. The molecule has 0 saturated carbocycles. The maximum Gasteiger partial charge on any atom is 0.122 e. The summed E-state index contributed by atoms with van der Waals surface area (Å²) in [5.41, 5.74) is 0. The first-order valence-electron chi connectivity index (χ1n) is 3.95. The summed E-state index contributed by atoms with van der Waals surface area (Å²) < 4.78 is 0.267. The van der Waals surface area contributed by atoms with Gasteiger partial charge < -0.3 is 4.98 Å². The standard InChI is InChI=1S/C8H12N2S/c1-8(3-2-6-11-8)7-9-4-5-10-7/h4-5H,2-3,6H2,1H3,(H,9,10). The van der Waals surface area contributed by atoms with Crippen LogP contribution in [0.15, 0.2) is 12.4 Å². The number of imidazole rings is 1. The highest BCUT2D eigenvalue weighted by Crippen LogP contribution is 2.44. The molecule has 1 aliphatic rings. The Kier molecular flexibility index (Phi) is 1.68. The molecule has 2 heterocycles. The first kappa shape index (κ1) is 7.22. The van der Waals surface area contributed by atoms with E-state index < -0.39 is 0 Å². The van der Waals surface area contributed by atoms with E-state index in [0.717, 1.165) is 5.82 Å². The molecule has 1 aliphatic heterocycles. The summed E-state index contributed by atoms with van der Waals surface area (Å²) in [7, 11) is 0. The lowest BCUT2D eigenvalue weighted by Crippen LogP contribution is -2.14. The van der Waals surface area contributed by atoms with Crippen LogP contribution in [0.5, 0.6) is 0 Å². The van der Waals surface area contributed by atoms with Gasteiger partial charge in [0.2, 0.25) is 0 Å². The smallest absolute Gasteiger partial charge is 0.122 e. The first-order valence-corrected chi connectivity index (χ1v) is 4.94. The summed E-state index contributed by atoms with van der Waals surface area (Å²) in [5, 5.41) is 0. The Hall–Kier alpha value is -0.440. The molecule has 2 nitrogen and oxygen atoms in total. The number of H-pyrrole nitrogens is 1. The third-order valence-electron chi connectivity index (χ3n) is 2.22. The second-order valence-corrected chi connectivity index (χ2v) is 4.72. The van der Waals surface area contributed by atoms with E-state index >= 15 is 0 Å². The summed E-state index contributed by atoms with van der Waals surface area (Å²) >= 11 is 2.01. The lowest BCUT2D eigenvalue weighted by Gasteiger charge is -2.18. The zero-order chi connectivity index (χ0) is 7.73. The van der Waals surface area contributed by atoms with Gasteiger partial charge in [0.15, 0.2) is 0 Å². The topological polar surface area (TPSA) is 28.7 Å². The second kappa shape index (κ2) is 2.55. The van der Waals surface area contributed by atoms with Crippen molar-refractivity contribution in [2.75, 3.05) is 5.75 Å². The van der Waals surface area contributed by atoms with Crippen molar-refractivity contribution in [1.29, 1.82) is 0 Å². The maximum absolute atomic E-state index is 4.29. The Balaban J connectivity index is 2.27. The zero-order valence-corrected chi connectivity index (χ0v) is 7.45. The molecule has 60 valence electrons. The van der Waals surface area contributed by atoms with Crippen LogP contribution in [-0.4, -0.2) is 15.7 Å². The van der Waals surface area contributed by atoms with Crippen molar-refractivity contribution in [3.63, 3.8) is 0 Å². The third kappa shape index (κ3) is 1.18. The van der Waals surface area contributed by atoms with Crippen molar-refractivity contribution in [2.45, 2.75) is 24.5 Å². The normalized spacial score (nSPS) is 31.0. The van der Waals surface area contributed by atoms with Gasteiger partial charge in [-0.25, -0.2) is 4.98 Å². The minimum Gasteiger partial charge on any atom is -0.347 e. The lowest BCUT2D eigenvalue weighted by atomic mass is 10.1. The van der Waals surface area contributed by atoms with Crippen LogP contribution in [-0.2, 0) is 4.75 Å². The van der Waals surface area contributed by atoms with Gasteiger partial charge in [-0.15, -0.1) is 11.8 Å². The van der Waals surface area contributed by atoms with Gasteiger partial charge in [-0.05, 0) is 25.5 Å². The van der Waals surface area contributed by atoms with E-state index in [-0.39, 0.29) is 4.75 Å². The van der Waals surface area contributed by atoms with Crippen LogP contribution in [0.1, 0.15) is 25.6 Å². The van der Waals surface area contributed by atoms with Crippen molar-refractivity contribution in [1.82, 2.24) is 9.97 Å². The molecule has 2 rings (SSSR count). The van der Waals surface area contributed by atoms with E-state index in [9.17, 15) is 0 Å². The van der Waals surface area contributed by atoms with Gasteiger partial charge in [0.25, 0.3) is 0 Å². The summed E-state index contributed by atoms with van der Waals surface area (Å²) in [4.78, 5) is 7.48. The Labute approximate surface area is 70.8 Å². The number of hydrogen-bond acceptors (Lipinski definition) is 2. The van der Waals surface area contributed by atoms with Crippen molar-refractivity contribution in [3.8, 4) is 0 Å². The third-order valence-corrected chi connectivity index (χ3v) is 3.75. The van der Waals surface area contributed by atoms with Gasteiger partial charge in [-0.1, -0.05) is 0 Å². The Morgan fingerprint density at radius 1 is 1.73 bits per heavy atom. The SMILES string of the molecule is CC1(c2ncc[nH]2)CCCS1. The number of aromatic amines is 1. The number of nitrogens with one attached hydrogen (secondary N) is 1. The minimum absolute atomic E-state index is 0.267. The van der Waals surface area contributed by atoms with Crippen LogP contribution in [0, 0.1) is 0 Å². The van der Waals surface area contributed by atoms with Crippen LogP contribution in [0.4, 0.5) is 0 Å². The van der Waals surface area contributed by atoms with Crippen molar-refractivity contribution in [2.24, 2.45) is 0 Å². The number of aromatic nitrogens is 2. The monoisotopic (exact) mass is 168 g/mol. The molecule has 0 amide bonds. The molecule has 1 N–H and O–H groups in total. The van der Waals surface area contributed by atoms with Gasteiger partial charge in [0, 0.05) is 12.4 Å². The van der Waals surface area contributed by atoms with Crippen LogP contribution >= 0.6 is 11.8 Å². The predicted octanol–water partition coefficient (Wildman–Crippen LogP) is 2.15. The molecule has 1 fully saturated rings. The average Bonchev–Trinajstić information content (AvgIpc) is 2.55. The van der Waals surface area contributed by atoms with E-state index in [1.807, 2.05) is 24.2 Å². The lowest BCUT2D eigenvalue weighted by molar-refractivity contribution is 0.612. The summed E-state index contributed by atoms with van der Waals surface area (Å²) in [6.45, 7) is 2.27. The molecule has 11 heavy (non-hydrogen) atoms. The van der Waals surface area contributed by atoms with Crippen LogP contribution in [0.2, 0.25) is 0 Å². The highest BCUT2D eigenvalue weighted by molar-refractivity contribution is 8.00. The molecule has 1 saturated heterocycles. The van der Waals surface area contributed by atoms with Gasteiger partial charge in [0.05, 0.1) is 4.75 Å². The number of rotatable bonds is 1. The van der Waals surface area contributed by atoms with Crippen LogP contribution in [0.25, 0.3) is 0 Å². The Bertz CT molecular complexity index is 224. The average molecular weight is 168 g/mol. The fraction of sp³-hybridized carbons (Fsp3) is 0.625. The van der Waals surface area contributed by atoms with Crippen molar-refractivity contribution >= 4 is 11.8 Å². The zero-order valence-electron chi connectivity index (χ0n) is 6.63. The molecule has 0 bridgehead atoms. The van der Waals surface area contributed by atoms with Crippen molar-refractivity contribution in [3.05, 3.63) is 18.2 Å². The minimum atomic E-state index is 0.267. The molecule has 1 aromatic rings. The highest BCUT2D eigenvalue weighted by Gasteiger charge is 2.33. The number of hydrogen-bond donors (Lipinski definition) is 1. The van der Waals surface area contributed by atoms with Crippen LogP contribution in [0.3, 0.4) is 0 Å². The number of thioether (sulfide) groups is 1.